The Morgan fingerprint density at radius 3 is 2.14 bits per heavy atom. The third-order valence-corrected chi connectivity index (χ3v) is 20.3. The van der Waals surface area contributed by atoms with E-state index in [0.29, 0.717) is 96.0 Å². The minimum Gasteiger partial charge on any atom is -0.508 e. The van der Waals surface area contributed by atoms with Crippen molar-refractivity contribution >= 4 is 109 Å². The Labute approximate surface area is 497 Å². The van der Waals surface area contributed by atoms with Gasteiger partial charge in [-0.05, 0) is 68.4 Å². The summed E-state index contributed by atoms with van der Waals surface area (Å²) in [6.45, 7) is 3.89. The quantitative estimate of drug-likeness (QED) is 0.0734. The molecule has 5 amide bonds. The summed E-state index contributed by atoms with van der Waals surface area (Å²) < 4.78 is 0. The van der Waals surface area contributed by atoms with Crippen LogP contribution in [0.1, 0.15) is 125 Å². The summed E-state index contributed by atoms with van der Waals surface area (Å²) in [5, 5.41) is 50.6. The van der Waals surface area contributed by atoms with Crippen molar-refractivity contribution < 1.29 is 48.9 Å². The number of thiazole rings is 6. The Bertz CT molecular complexity index is 3800. The molecule has 2 aliphatic heterocycles. The molecule has 1 saturated heterocycles. The Kier molecular flexibility index (Phi) is 16.8. The summed E-state index contributed by atoms with van der Waals surface area (Å²) in [6, 6.07) is 6.94. The number of aromatic hydroxyl groups is 1. The van der Waals surface area contributed by atoms with Crippen molar-refractivity contribution in [1.82, 2.24) is 55.7 Å². The largest absolute Gasteiger partial charge is 0.508 e. The van der Waals surface area contributed by atoms with Crippen molar-refractivity contribution in [3.05, 3.63) is 112 Å². The Hall–Kier alpha value is -7.60. The highest BCUT2D eigenvalue weighted by Gasteiger charge is 2.45. The molecule has 3 aliphatic rings. The van der Waals surface area contributed by atoms with Gasteiger partial charge in [0.1, 0.15) is 76.7 Å². The van der Waals surface area contributed by atoms with Gasteiger partial charge in [-0.3, -0.25) is 33.6 Å². The lowest BCUT2D eigenvalue weighted by molar-refractivity contribution is -0.143. The highest BCUT2D eigenvalue weighted by molar-refractivity contribution is 7.15. The molecule has 7 aromatic heterocycles. The smallest absolute Gasteiger partial charge is 0.306 e. The van der Waals surface area contributed by atoms with E-state index in [1.165, 1.54) is 68.8 Å². The van der Waals surface area contributed by atoms with Crippen molar-refractivity contribution in [3.8, 4) is 49.1 Å². The number of hydrogen-bond donors (Lipinski definition) is 7. The molecule has 8 aromatic rings. The third-order valence-electron chi connectivity index (χ3n) is 14.8. The van der Waals surface area contributed by atoms with E-state index in [2.05, 4.69) is 30.9 Å². The number of aryl methyl sites for hydroxylation is 2. The Balaban J connectivity index is 0.948. The van der Waals surface area contributed by atoms with Crippen LogP contribution in [0.4, 0.5) is 0 Å². The maximum Gasteiger partial charge on any atom is 0.306 e. The van der Waals surface area contributed by atoms with Crippen LogP contribution in [0.5, 0.6) is 5.75 Å². The summed E-state index contributed by atoms with van der Waals surface area (Å²) in [5.41, 5.74) is 8.93. The molecular weight excluding hydrogens is 1180 g/mol. The van der Waals surface area contributed by atoms with Gasteiger partial charge in [0.2, 0.25) is 11.8 Å². The predicted octanol–water partition coefficient (Wildman–Crippen LogP) is 7.52. The van der Waals surface area contributed by atoms with Gasteiger partial charge < -0.3 is 41.9 Å². The van der Waals surface area contributed by atoms with E-state index in [4.69, 9.17) is 25.7 Å². The highest BCUT2D eigenvalue weighted by atomic mass is 32.1. The lowest BCUT2D eigenvalue weighted by Crippen LogP contribution is -2.50. The number of carboxylic acids is 1. The molecular formula is C55H52N12O10S6. The number of nitrogens with zero attached hydrogens (tertiary/aromatic N) is 8. The molecule has 9 heterocycles. The molecule has 1 aromatic carbocycles. The van der Waals surface area contributed by atoms with Crippen LogP contribution in [0, 0.1) is 24.7 Å². The van der Waals surface area contributed by atoms with Gasteiger partial charge in [0.15, 0.2) is 5.78 Å². The topological polar surface area (TPSA) is 336 Å². The van der Waals surface area contributed by atoms with E-state index < -0.39 is 59.7 Å². The van der Waals surface area contributed by atoms with E-state index in [1.807, 2.05) is 12.3 Å². The number of carbonyl (C=O) groups is 7. The molecule has 83 heavy (non-hydrogen) atoms. The van der Waals surface area contributed by atoms with Crippen molar-refractivity contribution in [2.45, 2.75) is 89.4 Å². The van der Waals surface area contributed by atoms with Crippen LogP contribution in [-0.2, 0) is 27.2 Å². The van der Waals surface area contributed by atoms with Crippen molar-refractivity contribution in [2.75, 3.05) is 13.1 Å². The lowest BCUT2D eigenvalue weighted by Gasteiger charge is -2.29. The molecule has 5 atom stereocenters. The number of hydrogen-bond acceptors (Lipinski definition) is 22. The minimum atomic E-state index is -1.15. The number of aliphatic hydroxyl groups is 1. The molecule has 1 saturated carbocycles. The number of primary amides is 1. The number of aliphatic hydroxyl groups excluding tert-OH is 1. The molecule has 22 nitrogen and oxygen atoms in total. The summed E-state index contributed by atoms with van der Waals surface area (Å²) in [4.78, 5) is 130. The summed E-state index contributed by atoms with van der Waals surface area (Å²) in [6.07, 6.45) is 1.41. The molecule has 8 N–H and O–H groups in total. The number of benzene rings is 1. The molecule has 10 bridgehead atoms. The zero-order chi connectivity index (χ0) is 58.2. The second kappa shape index (κ2) is 24.3. The minimum absolute atomic E-state index is 0.0180. The molecule has 0 spiro atoms. The Morgan fingerprint density at radius 2 is 1.39 bits per heavy atom. The number of pyridine rings is 1. The molecule has 0 radical (unpaired) electrons. The summed E-state index contributed by atoms with van der Waals surface area (Å²) in [5.74, 6) is -4.62. The van der Waals surface area contributed by atoms with Gasteiger partial charge in [-0.1, -0.05) is 19.1 Å². The SMILES string of the molecule is Cc1sc2nc1C(=O)CCc1nc(cs1)C(=O)N[C@@H](Cc1ccc(O)cc1)C(=O)N1C[C@H](O)[C@H](C)[C@H]1c1nc(cs1)-c1nc(cs1)-c1nc(-c3nc(C(=O)NCC4CCC(C(=O)O)CC4)cs3)ccc1-c1nc(cs1)C(=O)N[C@H]2CC(N)=O. The van der Waals surface area contributed by atoms with Gasteiger partial charge in [-0.2, -0.15) is 0 Å². The number of carboxylic acid groups (broad SMARTS) is 1. The van der Waals surface area contributed by atoms with E-state index in [-0.39, 0.29) is 89.3 Å². The number of nitrogens with two attached hydrogens (primary N) is 1. The van der Waals surface area contributed by atoms with Gasteiger partial charge in [-0.25, -0.2) is 34.9 Å². The number of carbonyl (C=O) groups excluding carboxylic acids is 6. The molecule has 1 aliphatic carbocycles. The van der Waals surface area contributed by atoms with Crippen molar-refractivity contribution in [2.24, 2.45) is 23.5 Å². The predicted molar refractivity (Wildman–Crippen MR) is 312 cm³/mol. The van der Waals surface area contributed by atoms with Crippen LogP contribution in [0.15, 0.2) is 63.3 Å². The van der Waals surface area contributed by atoms with Gasteiger partial charge >= 0.3 is 5.97 Å². The number of fused-ring (bicyclic) bond motifs is 16. The third kappa shape index (κ3) is 12.5. The van der Waals surface area contributed by atoms with Crippen LogP contribution < -0.4 is 21.7 Å². The van der Waals surface area contributed by atoms with Crippen LogP contribution in [0.3, 0.4) is 0 Å². The highest BCUT2D eigenvalue weighted by Crippen LogP contribution is 2.43. The van der Waals surface area contributed by atoms with E-state index in [1.54, 1.807) is 57.6 Å². The first-order chi connectivity index (χ1) is 39.9. The fraction of sp³-hybridized carbons (Fsp3) is 0.345. The zero-order valence-corrected chi connectivity index (χ0v) is 49.2. The maximum atomic E-state index is 15.0. The molecule has 428 valence electrons. The fourth-order valence-corrected chi connectivity index (χ4v) is 15.5. The van der Waals surface area contributed by atoms with Crippen LogP contribution in [0.2, 0.25) is 0 Å². The second-order valence-corrected chi connectivity index (χ2v) is 26.1. The first-order valence-corrected chi connectivity index (χ1v) is 31.6. The van der Waals surface area contributed by atoms with Gasteiger partial charge in [0.25, 0.3) is 17.7 Å². The number of ketones is 1. The first-order valence-electron chi connectivity index (χ1n) is 26.4. The first kappa shape index (κ1) is 57.2. The van der Waals surface area contributed by atoms with Crippen molar-refractivity contribution in [1.29, 1.82) is 0 Å². The van der Waals surface area contributed by atoms with Crippen LogP contribution in [0.25, 0.3) is 43.4 Å². The maximum absolute atomic E-state index is 15.0. The fourth-order valence-electron chi connectivity index (χ4n) is 10.3. The molecule has 0 unspecified atom stereocenters. The lowest BCUT2D eigenvalue weighted by atomic mass is 9.82. The number of rotatable bonds is 9. The standard InChI is InChI=1S/C55H52N12O10S6/c1-24-40(70)18-67-45(24)53-65-38(23-82-53)51-62-34(19-80-51)44-30(11-12-31(59-44)50-64-35(21-81-50)46(72)57-17-27-3-7-28(8-4-27)55(76)77)49-63-37(22-79-49)48(74)60-32(16-41(56)71)52-66-43(25(2)83-52)39(69)13-14-42-58-36(20-78-42)47(73)61-33(54(67)75)15-26-5-9-29(68)10-6-26/h5-6,9-12,19-24,27-28,32-33,40,45,68,70H,3-4,7-8,13-18H2,1-2H3,(H2,56,71)(H,57,72)(H,60,74)(H,61,73)(H,76,77)/t24-,27?,28?,32-,33-,40-,45-/m0/s1. The van der Waals surface area contributed by atoms with E-state index >= 15 is 0 Å². The van der Waals surface area contributed by atoms with Crippen molar-refractivity contribution in [3.63, 3.8) is 0 Å². The van der Waals surface area contributed by atoms with E-state index in [9.17, 15) is 48.9 Å². The summed E-state index contributed by atoms with van der Waals surface area (Å²) in [7, 11) is 0. The number of phenolic OH excluding ortho intramolecular Hbond substituents is 1. The van der Waals surface area contributed by atoms with Gasteiger partial charge in [0, 0.05) is 75.6 Å². The van der Waals surface area contributed by atoms with Crippen LogP contribution in [-0.4, -0.2) is 122 Å². The zero-order valence-electron chi connectivity index (χ0n) is 44.3. The number of nitrogens with one attached hydrogen (secondary N) is 3. The van der Waals surface area contributed by atoms with Gasteiger partial charge in [0.05, 0.1) is 41.2 Å². The normalized spacial score (nSPS) is 21.4. The number of phenols is 1. The average Bonchev–Trinajstić information content (AvgIpc) is 4.20. The Morgan fingerprint density at radius 1 is 0.711 bits per heavy atom. The molecule has 11 rings (SSSR count). The number of Topliss-reactive ketones (excluding diaryl/α,β-unsaturated/α-hetero) is 1. The summed E-state index contributed by atoms with van der Waals surface area (Å²) >= 11 is 7.29. The monoisotopic (exact) mass is 1230 g/mol. The number of amides is 5. The average molecular weight is 1230 g/mol. The second-order valence-electron chi connectivity index (χ2n) is 20.5. The molecule has 2 fully saturated rings. The molecule has 28 heteroatoms. The van der Waals surface area contributed by atoms with Gasteiger partial charge in [-0.15, -0.1) is 68.0 Å². The number of aliphatic carboxylic acids is 1. The number of aromatic nitrogens is 7. The van der Waals surface area contributed by atoms with Crippen LogP contribution >= 0.6 is 68.0 Å². The van der Waals surface area contributed by atoms with E-state index in [0.717, 1.165) is 11.3 Å².